The lowest BCUT2D eigenvalue weighted by Gasteiger charge is -2.34. The molecule has 0 rings (SSSR count). The Balaban J connectivity index is 3.83. The number of aliphatic hydroxyl groups is 3. The van der Waals surface area contributed by atoms with Crippen LogP contribution in [0.5, 0.6) is 0 Å². The first kappa shape index (κ1) is 14.8. The van der Waals surface area contributed by atoms with Gasteiger partial charge in [0.15, 0.2) is 0 Å². The molecule has 0 atom stereocenters. The summed E-state index contributed by atoms with van der Waals surface area (Å²) in [6, 6.07) is 0. The quantitative estimate of drug-likeness (QED) is 0.358. The summed E-state index contributed by atoms with van der Waals surface area (Å²) in [4.78, 5) is 0. The molecule has 0 aliphatic heterocycles. The highest BCUT2D eigenvalue weighted by atomic mass is 16.3. The van der Waals surface area contributed by atoms with E-state index < -0.39 is 0 Å². The number of hydrogen-bond donors (Lipinski definition) is 3. The summed E-state index contributed by atoms with van der Waals surface area (Å²) in [7, 11) is 2.13. The van der Waals surface area contributed by atoms with Crippen LogP contribution in [-0.2, 0) is 0 Å². The van der Waals surface area contributed by atoms with Crippen LogP contribution in [0.2, 0.25) is 0 Å². The van der Waals surface area contributed by atoms with Gasteiger partial charge in [0.05, 0.1) is 26.7 Å². The Hall–Kier alpha value is -0.160. The Bertz CT molecular complexity index is 132. The molecule has 0 unspecified atom stereocenters. The van der Waals surface area contributed by atoms with Crippen molar-refractivity contribution in [2.24, 2.45) is 0 Å². The molecule has 0 heterocycles. The molecule has 0 saturated heterocycles. The van der Waals surface area contributed by atoms with Gasteiger partial charge in [0, 0.05) is 13.2 Å². The average molecular weight is 220 g/mol. The molecule has 4 nitrogen and oxygen atoms in total. The number of unbranched alkanes of at least 4 members (excludes halogenated alkanes) is 2. The largest absolute Gasteiger partial charge is 0.396 e. The van der Waals surface area contributed by atoms with E-state index in [0.717, 1.165) is 49.8 Å². The van der Waals surface area contributed by atoms with E-state index in [-0.39, 0.29) is 19.8 Å². The fraction of sp³-hybridized carbons (Fsp3) is 1.00. The predicted molar refractivity (Wildman–Crippen MR) is 60.5 cm³/mol. The van der Waals surface area contributed by atoms with Gasteiger partial charge in [-0.2, -0.15) is 0 Å². The van der Waals surface area contributed by atoms with Crippen molar-refractivity contribution in [2.45, 2.75) is 25.7 Å². The van der Waals surface area contributed by atoms with Crippen molar-refractivity contribution in [3.05, 3.63) is 0 Å². The van der Waals surface area contributed by atoms with E-state index in [2.05, 4.69) is 7.05 Å². The summed E-state index contributed by atoms with van der Waals surface area (Å²) in [6.07, 6.45) is 3.65. The Kier molecular flexibility index (Phi) is 9.00. The fourth-order valence-corrected chi connectivity index (χ4v) is 1.79. The van der Waals surface area contributed by atoms with Crippen LogP contribution in [0.15, 0.2) is 0 Å². The second kappa shape index (κ2) is 9.09. The molecule has 0 aromatic rings. The number of rotatable bonds is 10. The Labute approximate surface area is 92.7 Å². The van der Waals surface area contributed by atoms with Gasteiger partial charge in [-0.15, -0.1) is 0 Å². The highest BCUT2D eigenvalue weighted by Gasteiger charge is 2.19. The summed E-state index contributed by atoms with van der Waals surface area (Å²) in [5, 5.41) is 26.4. The molecule has 15 heavy (non-hydrogen) atoms. The maximum Gasteiger partial charge on any atom is 0.102 e. The van der Waals surface area contributed by atoms with Crippen molar-refractivity contribution in [3.63, 3.8) is 0 Å². The van der Waals surface area contributed by atoms with Crippen LogP contribution < -0.4 is 0 Å². The molecule has 4 heteroatoms. The van der Waals surface area contributed by atoms with Crippen molar-refractivity contribution >= 4 is 0 Å². The van der Waals surface area contributed by atoms with Gasteiger partial charge >= 0.3 is 0 Å². The molecule has 0 aliphatic rings. The molecule has 0 aromatic carbocycles. The predicted octanol–water partition coefficient (Wildman–Crippen LogP) is -0.0297. The lowest BCUT2D eigenvalue weighted by atomic mass is 10.2. The van der Waals surface area contributed by atoms with Gasteiger partial charge in [0.1, 0.15) is 6.54 Å². The topological polar surface area (TPSA) is 60.7 Å². The molecule has 3 N–H and O–H groups in total. The van der Waals surface area contributed by atoms with E-state index in [4.69, 9.17) is 15.3 Å². The van der Waals surface area contributed by atoms with Crippen LogP contribution in [0.25, 0.3) is 0 Å². The summed E-state index contributed by atoms with van der Waals surface area (Å²) in [6.45, 7) is 3.44. The Morgan fingerprint density at radius 1 is 0.667 bits per heavy atom. The van der Waals surface area contributed by atoms with E-state index >= 15 is 0 Å². The summed E-state index contributed by atoms with van der Waals surface area (Å²) in [5.41, 5.74) is 0. The van der Waals surface area contributed by atoms with E-state index in [0.29, 0.717) is 0 Å². The average Bonchev–Trinajstić information content (AvgIpc) is 2.19. The number of nitrogens with zero attached hydrogens (tertiary/aromatic N) is 1. The van der Waals surface area contributed by atoms with Crippen molar-refractivity contribution in [3.8, 4) is 0 Å². The van der Waals surface area contributed by atoms with E-state index in [1.807, 2.05) is 0 Å². The zero-order valence-electron chi connectivity index (χ0n) is 9.86. The maximum atomic E-state index is 9.00. The number of likely N-dealkylation sites (N-methyl/N-ethyl adjacent to an activating group) is 1. The smallest absolute Gasteiger partial charge is 0.102 e. The SMILES string of the molecule is C[N+](CCO)(CCCCO)CCCCO. The minimum absolute atomic E-state index is 0.203. The zero-order chi connectivity index (χ0) is 11.6. The van der Waals surface area contributed by atoms with Crippen molar-refractivity contribution < 1.29 is 19.8 Å². The molecule has 0 spiro atoms. The van der Waals surface area contributed by atoms with Gasteiger partial charge in [-0.05, 0) is 25.7 Å². The van der Waals surface area contributed by atoms with E-state index in [1.165, 1.54) is 0 Å². The number of aliphatic hydroxyl groups excluding tert-OH is 3. The second-order valence-electron chi connectivity index (χ2n) is 4.38. The molecule has 0 bridgehead atoms. The first-order valence-corrected chi connectivity index (χ1v) is 5.84. The van der Waals surface area contributed by atoms with Crippen LogP contribution in [0.3, 0.4) is 0 Å². The molecule has 0 fully saturated rings. The summed E-state index contributed by atoms with van der Waals surface area (Å²) in [5.74, 6) is 0. The third-order valence-corrected chi connectivity index (χ3v) is 2.85. The van der Waals surface area contributed by atoms with Crippen LogP contribution in [0.1, 0.15) is 25.7 Å². The molecule has 0 saturated carbocycles. The molecular formula is C11H26NO3+. The molecule has 0 amide bonds. The molecule has 0 aliphatic carbocycles. The van der Waals surface area contributed by atoms with Gasteiger partial charge < -0.3 is 19.8 Å². The highest BCUT2D eigenvalue weighted by molar-refractivity contribution is 4.44. The van der Waals surface area contributed by atoms with Crippen molar-refractivity contribution in [2.75, 3.05) is 46.5 Å². The van der Waals surface area contributed by atoms with Crippen molar-refractivity contribution in [1.29, 1.82) is 0 Å². The number of hydrogen-bond acceptors (Lipinski definition) is 3. The second-order valence-corrected chi connectivity index (χ2v) is 4.38. The first-order chi connectivity index (χ1) is 7.18. The third kappa shape index (κ3) is 7.73. The van der Waals surface area contributed by atoms with E-state index in [9.17, 15) is 0 Å². The van der Waals surface area contributed by atoms with Crippen LogP contribution in [0.4, 0.5) is 0 Å². The van der Waals surface area contributed by atoms with Gasteiger partial charge in [0.2, 0.25) is 0 Å². The Morgan fingerprint density at radius 3 is 1.47 bits per heavy atom. The lowest BCUT2D eigenvalue weighted by Crippen LogP contribution is -2.47. The van der Waals surface area contributed by atoms with Crippen LogP contribution in [0, 0.1) is 0 Å². The molecule has 92 valence electrons. The number of quaternary nitrogens is 1. The van der Waals surface area contributed by atoms with E-state index in [1.54, 1.807) is 0 Å². The van der Waals surface area contributed by atoms with Gasteiger partial charge in [0.25, 0.3) is 0 Å². The minimum Gasteiger partial charge on any atom is -0.396 e. The van der Waals surface area contributed by atoms with Crippen LogP contribution in [-0.4, -0.2) is 66.3 Å². The van der Waals surface area contributed by atoms with Gasteiger partial charge in [-0.3, -0.25) is 0 Å². The standard InChI is InChI=1S/C11H26NO3/c1-12(8-11-15,6-2-4-9-13)7-3-5-10-14/h13-15H,2-11H2,1H3/q+1. The van der Waals surface area contributed by atoms with Gasteiger partial charge in [-0.25, -0.2) is 0 Å². The molecule has 0 radical (unpaired) electrons. The first-order valence-electron chi connectivity index (χ1n) is 5.84. The molecule has 0 aromatic heterocycles. The summed E-state index contributed by atoms with van der Waals surface area (Å²) < 4.78 is 0.844. The minimum atomic E-state index is 0.203. The lowest BCUT2D eigenvalue weighted by molar-refractivity contribution is -0.910. The third-order valence-electron chi connectivity index (χ3n) is 2.85. The normalized spacial score (nSPS) is 12.0. The monoisotopic (exact) mass is 220 g/mol. The highest BCUT2D eigenvalue weighted by Crippen LogP contribution is 2.08. The van der Waals surface area contributed by atoms with Gasteiger partial charge in [-0.1, -0.05) is 0 Å². The Morgan fingerprint density at radius 2 is 1.13 bits per heavy atom. The van der Waals surface area contributed by atoms with Crippen LogP contribution >= 0.6 is 0 Å². The fourth-order valence-electron chi connectivity index (χ4n) is 1.79. The van der Waals surface area contributed by atoms with Crippen molar-refractivity contribution in [1.82, 2.24) is 0 Å². The zero-order valence-corrected chi connectivity index (χ0v) is 9.86. The summed E-state index contributed by atoms with van der Waals surface area (Å²) >= 11 is 0. The maximum absolute atomic E-state index is 9.00. The molecular weight excluding hydrogens is 194 g/mol.